The Labute approximate surface area is 139 Å². The number of hydrogen-bond donors (Lipinski definition) is 1. The Bertz CT molecular complexity index is 579. The molecule has 0 aromatic heterocycles. The molecule has 1 heterocycles. The fourth-order valence-electron chi connectivity index (χ4n) is 2.67. The summed E-state index contributed by atoms with van der Waals surface area (Å²) in [5, 5.41) is 8.92. The van der Waals surface area contributed by atoms with E-state index in [4.69, 9.17) is 0 Å². The smallest absolute Gasteiger partial charge is 0.260 e. The SMILES string of the molecule is CS[C@H]1C(=O)N(C)[C@@](Cc2ccc(O)cc2)(SC)C(=O)N1C. The lowest BCUT2D eigenvalue weighted by molar-refractivity contribution is -0.156. The molecule has 1 aliphatic rings. The second-order valence-corrected chi connectivity index (χ2v) is 7.23. The van der Waals surface area contributed by atoms with Crippen molar-refractivity contribution in [3.8, 4) is 5.75 Å². The molecule has 0 radical (unpaired) electrons. The molecule has 120 valence electrons. The van der Waals surface area contributed by atoms with Crippen molar-refractivity contribution in [2.75, 3.05) is 26.6 Å². The molecule has 7 heteroatoms. The number of carbonyl (C=O) groups excluding carboxylic acids is 2. The number of piperazine rings is 1. The molecule has 1 N–H and O–H groups in total. The number of hydrogen-bond acceptors (Lipinski definition) is 5. The van der Waals surface area contributed by atoms with Crippen molar-refractivity contribution in [2.24, 2.45) is 0 Å². The van der Waals surface area contributed by atoms with E-state index in [0.717, 1.165) is 5.56 Å². The molecule has 1 aliphatic heterocycles. The van der Waals surface area contributed by atoms with Gasteiger partial charge in [0.05, 0.1) is 0 Å². The van der Waals surface area contributed by atoms with Gasteiger partial charge in [0.25, 0.3) is 11.8 Å². The molecular weight excluding hydrogens is 320 g/mol. The van der Waals surface area contributed by atoms with E-state index < -0.39 is 10.2 Å². The van der Waals surface area contributed by atoms with Crippen molar-refractivity contribution in [1.82, 2.24) is 9.80 Å². The second kappa shape index (κ2) is 6.42. The first kappa shape index (κ1) is 17.0. The van der Waals surface area contributed by atoms with Crippen LogP contribution in [0.15, 0.2) is 24.3 Å². The van der Waals surface area contributed by atoms with Gasteiger partial charge < -0.3 is 14.9 Å². The van der Waals surface area contributed by atoms with Gasteiger partial charge in [-0.2, -0.15) is 0 Å². The summed E-state index contributed by atoms with van der Waals surface area (Å²) in [6.45, 7) is 0. The van der Waals surface area contributed by atoms with E-state index in [1.807, 2.05) is 12.5 Å². The molecule has 22 heavy (non-hydrogen) atoms. The molecule has 0 saturated carbocycles. The lowest BCUT2D eigenvalue weighted by Gasteiger charge is -2.48. The van der Waals surface area contributed by atoms with Crippen molar-refractivity contribution in [3.05, 3.63) is 29.8 Å². The maximum absolute atomic E-state index is 12.9. The van der Waals surface area contributed by atoms with E-state index in [1.165, 1.54) is 28.4 Å². The molecule has 5 nitrogen and oxygen atoms in total. The lowest BCUT2D eigenvalue weighted by Crippen LogP contribution is -2.68. The van der Waals surface area contributed by atoms with Crippen LogP contribution in [0.1, 0.15) is 5.56 Å². The van der Waals surface area contributed by atoms with Gasteiger partial charge in [-0.25, -0.2) is 0 Å². The van der Waals surface area contributed by atoms with E-state index in [2.05, 4.69) is 0 Å². The topological polar surface area (TPSA) is 60.9 Å². The molecule has 1 aromatic carbocycles. The Balaban J connectivity index is 2.40. The molecule has 0 bridgehead atoms. The highest BCUT2D eigenvalue weighted by Crippen LogP contribution is 2.38. The summed E-state index contributed by atoms with van der Waals surface area (Å²) in [5.41, 5.74) is 0.899. The van der Waals surface area contributed by atoms with Crippen LogP contribution in [-0.4, -0.2) is 63.6 Å². The summed E-state index contributed by atoms with van der Waals surface area (Å²) in [6.07, 6.45) is 4.07. The number of likely N-dealkylation sites (N-methyl/N-ethyl adjacent to an activating group) is 2. The van der Waals surface area contributed by atoms with Gasteiger partial charge in [-0.3, -0.25) is 9.59 Å². The van der Waals surface area contributed by atoms with Crippen LogP contribution < -0.4 is 0 Å². The molecule has 2 atom stereocenters. The van der Waals surface area contributed by atoms with Crippen LogP contribution in [0.2, 0.25) is 0 Å². The van der Waals surface area contributed by atoms with Gasteiger partial charge in [-0.15, -0.1) is 23.5 Å². The fraction of sp³-hybridized carbons (Fsp3) is 0.467. The predicted molar refractivity (Wildman–Crippen MR) is 90.9 cm³/mol. The third-order valence-corrected chi connectivity index (χ3v) is 6.26. The van der Waals surface area contributed by atoms with E-state index in [9.17, 15) is 14.7 Å². The van der Waals surface area contributed by atoms with E-state index >= 15 is 0 Å². The Morgan fingerprint density at radius 3 is 2.27 bits per heavy atom. The first-order valence-corrected chi connectivity index (χ1v) is 9.29. The summed E-state index contributed by atoms with van der Waals surface area (Å²) >= 11 is 2.73. The summed E-state index contributed by atoms with van der Waals surface area (Å²) < 4.78 is 0. The molecule has 1 fully saturated rings. The minimum atomic E-state index is -0.949. The number of benzene rings is 1. The molecule has 1 aromatic rings. The molecule has 2 amide bonds. The van der Waals surface area contributed by atoms with Crippen LogP contribution >= 0.6 is 23.5 Å². The van der Waals surface area contributed by atoms with Crippen molar-refractivity contribution in [3.63, 3.8) is 0 Å². The number of phenols is 1. The number of phenolic OH excluding ortho intramolecular Hbond substituents is 1. The molecule has 0 aliphatic carbocycles. The lowest BCUT2D eigenvalue weighted by atomic mass is 10.0. The van der Waals surface area contributed by atoms with Crippen molar-refractivity contribution >= 4 is 35.3 Å². The second-order valence-electron chi connectivity index (χ2n) is 5.23. The predicted octanol–water partition coefficient (Wildman–Crippen LogP) is 1.61. The molecular formula is C15H20N2O3S2. The van der Waals surface area contributed by atoms with Crippen molar-refractivity contribution in [1.29, 1.82) is 0 Å². The van der Waals surface area contributed by atoms with Gasteiger partial charge in [-0.1, -0.05) is 12.1 Å². The minimum Gasteiger partial charge on any atom is -0.508 e. The Morgan fingerprint density at radius 2 is 1.77 bits per heavy atom. The fourth-order valence-corrected chi connectivity index (χ4v) is 4.44. The minimum absolute atomic E-state index is 0.0669. The van der Waals surface area contributed by atoms with Gasteiger partial charge in [0.15, 0.2) is 10.2 Å². The van der Waals surface area contributed by atoms with E-state index in [1.54, 1.807) is 43.3 Å². The van der Waals surface area contributed by atoms with Gasteiger partial charge in [0.1, 0.15) is 5.75 Å². The standard InChI is InChI=1S/C15H20N2O3S2/c1-16-13(21-3)12(19)17(2)15(22-4,14(16)20)9-10-5-7-11(18)8-6-10/h5-8,13,18H,9H2,1-4H3/t13-,15-/m0/s1. The van der Waals surface area contributed by atoms with E-state index in [0.29, 0.717) is 6.42 Å². The zero-order chi connectivity index (χ0) is 16.5. The molecule has 0 unspecified atom stereocenters. The highest BCUT2D eigenvalue weighted by Gasteiger charge is 2.53. The number of aromatic hydroxyl groups is 1. The Kier molecular flexibility index (Phi) is 4.97. The number of thioether (sulfide) groups is 2. The third-order valence-electron chi connectivity index (χ3n) is 4.03. The van der Waals surface area contributed by atoms with Crippen LogP contribution in [-0.2, 0) is 16.0 Å². The summed E-state index contributed by atoms with van der Waals surface area (Å²) in [6, 6.07) is 6.74. The van der Waals surface area contributed by atoms with Crippen molar-refractivity contribution in [2.45, 2.75) is 16.7 Å². The van der Waals surface area contributed by atoms with Crippen LogP contribution in [0.3, 0.4) is 0 Å². The highest BCUT2D eigenvalue weighted by molar-refractivity contribution is 8.01. The van der Waals surface area contributed by atoms with Gasteiger partial charge >= 0.3 is 0 Å². The number of amides is 2. The average molecular weight is 340 g/mol. The summed E-state index contributed by atoms with van der Waals surface area (Å²) in [5.74, 6) is 0.0400. The zero-order valence-corrected chi connectivity index (χ0v) is 14.7. The molecule has 2 rings (SSSR count). The van der Waals surface area contributed by atoms with Gasteiger partial charge in [0.2, 0.25) is 0 Å². The average Bonchev–Trinajstić information content (AvgIpc) is 2.52. The van der Waals surface area contributed by atoms with E-state index in [-0.39, 0.29) is 17.6 Å². The van der Waals surface area contributed by atoms with Crippen LogP contribution in [0.5, 0.6) is 5.75 Å². The first-order valence-electron chi connectivity index (χ1n) is 6.78. The normalized spacial score (nSPS) is 25.7. The molecule has 0 spiro atoms. The maximum Gasteiger partial charge on any atom is 0.260 e. The summed E-state index contributed by atoms with van der Waals surface area (Å²) in [7, 11) is 3.36. The largest absolute Gasteiger partial charge is 0.508 e. The van der Waals surface area contributed by atoms with Crippen LogP contribution in [0.4, 0.5) is 0 Å². The number of carbonyl (C=O) groups is 2. The number of nitrogens with zero attached hydrogens (tertiary/aromatic N) is 2. The monoisotopic (exact) mass is 340 g/mol. The quantitative estimate of drug-likeness (QED) is 0.902. The Morgan fingerprint density at radius 1 is 1.18 bits per heavy atom. The molecule has 1 saturated heterocycles. The highest BCUT2D eigenvalue weighted by atomic mass is 32.2. The van der Waals surface area contributed by atoms with Crippen LogP contribution in [0.25, 0.3) is 0 Å². The number of rotatable bonds is 4. The van der Waals surface area contributed by atoms with Crippen molar-refractivity contribution < 1.29 is 14.7 Å². The first-order chi connectivity index (χ1) is 10.4. The van der Waals surface area contributed by atoms with Crippen LogP contribution in [0, 0.1) is 0 Å². The van der Waals surface area contributed by atoms with Gasteiger partial charge in [-0.05, 0) is 30.2 Å². The third kappa shape index (κ3) is 2.67. The summed E-state index contributed by atoms with van der Waals surface area (Å²) in [4.78, 5) is 27.7. The Hall–Kier alpha value is -1.34. The van der Waals surface area contributed by atoms with Gasteiger partial charge in [0, 0.05) is 20.5 Å². The zero-order valence-electron chi connectivity index (χ0n) is 13.1. The maximum atomic E-state index is 12.9.